The highest BCUT2D eigenvalue weighted by Crippen LogP contribution is 2.29. The molecule has 1 aliphatic heterocycles. The minimum Gasteiger partial charge on any atom is -0.482 e. The second kappa shape index (κ2) is 9.04. The van der Waals surface area contributed by atoms with E-state index in [2.05, 4.69) is 5.32 Å². The van der Waals surface area contributed by atoms with Gasteiger partial charge >= 0.3 is 0 Å². The molecule has 0 bridgehead atoms. The number of nitrogens with zero attached hydrogens (tertiary/aromatic N) is 1. The van der Waals surface area contributed by atoms with Gasteiger partial charge in [-0.3, -0.25) is 4.79 Å². The Morgan fingerprint density at radius 1 is 1.14 bits per heavy atom. The van der Waals surface area contributed by atoms with Crippen molar-refractivity contribution >= 4 is 33.2 Å². The van der Waals surface area contributed by atoms with Gasteiger partial charge in [0, 0.05) is 24.8 Å². The fraction of sp³-hybridized carbons (Fsp3) is 0.278. The lowest BCUT2D eigenvalue weighted by Gasteiger charge is -2.26. The van der Waals surface area contributed by atoms with Crippen molar-refractivity contribution in [1.29, 1.82) is 0 Å². The molecule has 3 rings (SSSR count). The van der Waals surface area contributed by atoms with Crippen molar-refractivity contribution in [2.24, 2.45) is 0 Å². The lowest BCUT2D eigenvalue weighted by Crippen LogP contribution is -2.40. The van der Waals surface area contributed by atoms with Crippen LogP contribution in [-0.4, -0.2) is 51.5 Å². The molecule has 0 spiro atoms. The summed E-state index contributed by atoms with van der Waals surface area (Å²) in [5.74, 6) is -2.65. The summed E-state index contributed by atoms with van der Waals surface area (Å²) >= 11 is 6.10. The van der Waals surface area contributed by atoms with Crippen LogP contribution in [0.4, 0.5) is 14.5 Å². The molecule has 1 N–H and O–H groups in total. The Balaban J connectivity index is 1.63. The fourth-order valence-electron chi connectivity index (χ4n) is 2.61. The number of rotatable bonds is 6. The summed E-state index contributed by atoms with van der Waals surface area (Å²) < 4.78 is 63.1. The molecule has 156 valence electrons. The Morgan fingerprint density at radius 2 is 1.86 bits per heavy atom. The number of sulfonamides is 1. The predicted molar refractivity (Wildman–Crippen MR) is 102 cm³/mol. The molecule has 0 atom stereocenters. The van der Waals surface area contributed by atoms with Gasteiger partial charge in [-0.25, -0.2) is 17.2 Å². The number of benzene rings is 2. The molecule has 1 fully saturated rings. The highest BCUT2D eigenvalue weighted by molar-refractivity contribution is 7.89. The van der Waals surface area contributed by atoms with Crippen LogP contribution in [0, 0.1) is 11.6 Å². The molecule has 1 heterocycles. The van der Waals surface area contributed by atoms with Crippen LogP contribution in [0.25, 0.3) is 0 Å². The topological polar surface area (TPSA) is 84.9 Å². The van der Waals surface area contributed by atoms with Crippen LogP contribution in [0.15, 0.2) is 41.3 Å². The van der Waals surface area contributed by atoms with Crippen LogP contribution < -0.4 is 10.1 Å². The summed E-state index contributed by atoms with van der Waals surface area (Å²) in [6.45, 7) is 0.682. The largest absolute Gasteiger partial charge is 0.482 e. The SMILES string of the molecule is O=C(COc1ccc(S(=O)(=O)N2CCOCC2)cc1Cl)Nc1ccc(F)c(F)c1. The zero-order valence-electron chi connectivity index (χ0n) is 15.0. The summed E-state index contributed by atoms with van der Waals surface area (Å²) in [5, 5.41) is 2.36. The number of carbonyl (C=O) groups excluding carboxylic acids is 1. The average molecular weight is 447 g/mol. The van der Waals surface area contributed by atoms with Crippen LogP contribution in [0.1, 0.15) is 0 Å². The summed E-state index contributed by atoms with van der Waals surface area (Å²) in [5.41, 5.74) is 0.0653. The quantitative estimate of drug-likeness (QED) is 0.737. The van der Waals surface area contributed by atoms with Crippen LogP contribution >= 0.6 is 11.6 Å². The van der Waals surface area contributed by atoms with Crippen molar-refractivity contribution in [3.63, 3.8) is 0 Å². The molecule has 29 heavy (non-hydrogen) atoms. The number of halogens is 3. The van der Waals surface area contributed by atoms with Crippen molar-refractivity contribution in [2.75, 3.05) is 38.2 Å². The van der Waals surface area contributed by atoms with E-state index in [4.69, 9.17) is 21.1 Å². The Bertz CT molecular complexity index is 1010. The van der Waals surface area contributed by atoms with E-state index in [0.29, 0.717) is 13.2 Å². The third-order valence-corrected chi connectivity index (χ3v) is 6.26. The second-order valence-electron chi connectivity index (χ2n) is 6.07. The van der Waals surface area contributed by atoms with Gasteiger partial charge in [-0.1, -0.05) is 11.6 Å². The van der Waals surface area contributed by atoms with E-state index in [9.17, 15) is 22.0 Å². The number of carbonyl (C=O) groups is 1. The number of ether oxygens (including phenoxy) is 2. The van der Waals surface area contributed by atoms with Gasteiger partial charge in [0.25, 0.3) is 5.91 Å². The second-order valence-corrected chi connectivity index (χ2v) is 8.42. The first kappa shape index (κ1) is 21.4. The van der Waals surface area contributed by atoms with E-state index >= 15 is 0 Å². The van der Waals surface area contributed by atoms with E-state index < -0.39 is 34.2 Å². The summed E-state index contributed by atoms with van der Waals surface area (Å²) in [6, 6.07) is 6.85. The Kier molecular flexibility index (Phi) is 6.68. The number of nitrogens with one attached hydrogen (secondary N) is 1. The molecule has 0 radical (unpaired) electrons. The molecule has 2 aromatic carbocycles. The van der Waals surface area contributed by atoms with E-state index in [-0.39, 0.29) is 34.4 Å². The van der Waals surface area contributed by atoms with Gasteiger partial charge in [-0.2, -0.15) is 4.31 Å². The number of hydrogen-bond acceptors (Lipinski definition) is 5. The molecule has 7 nitrogen and oxygen atoms in total. The van der Waals surface area contributed by atoms with Gasteiger partial charge < -0.3 is 14.8 Å². The van der Waals surface area contributed by atoms with Crippen molar-refractivity contribution in [3.05, 3.63) is 53.1 Å². The van der Waals surface area contributed by atoms with Gasteiger partial charge in [-0.15, -0.1) is 0 Å². The molecule has 0 saturated carbocycles. The van der Waals surface area contributed by atoms with E-state index in [1.165, 1.54) is 28.6 Å². The van der Waals surface area contributed by atoms with Gasteiger partial charge in [0.15, 0.2) is 18.2 Å². The first-order valence-corrected chi connectivity index (χ1v) is 10.3. The normalized spacial score (nSPS) is 15.1. The number of morpholine rings is 1. The molecule has 11 heteroatoms. The molecular formula is C18H17ClF2N2O5S. The van der Waals surface area contributed by atoms with E-state index in [1.54, 1.807) is 0 Å². The lowest BCUT2D eigenvalue weighted by atomic mass is 10.3. The smallest absolute Gasteiger partial charge is 0.262 e. The van der Waals surface area contributed by atoms with E-state index in [1.807, 2.05) is 0 Å². The molecule has 0 unspecified atom stereocenters. The van der Waals surface area contributed by atoms with E-state index in [0.717, 1.165) is 12.1 Å². The molecule has 1 saturated heterocycles. The highest BCUT2D eigenvalue weighted by atomic mass is 35.5. The maximum Gasteiger partial charge on any atom is 0.262 e. The van der Waals surface area contributed by atoms with Crippen LogP contribution in [0.2, 0.25) is 5.02 Å². The number of hydrogen-bond donors (Lipinski definition) is 1. The molecule has 2 aromatic rings. The molecule has 1 amide bonds. The van der Waals surface area contributed by atoms with Gasteiger partial charge in [0.1, 0.15) is 5.75 Å². The molecule has 1 aliphatic rings. The van der Waals surface area contributed by atoms with Crippen molar-refractivity contribution in [3.8, 4) is 5.75 Å². The Morgan fingerprint density at radius 3 is 2.52 bits per heavy atom. The third-order valence-electron chi connectivity index (χ3n) is 4.07. The van der Waals surface area contributed by atoms with Gasteiger partial charge in [0.2, 0.25) is 10.0 Å². The maximum absolute atomic E-state index is 13.2. The van der Waals surface area contributed by atoms with Crippen LogP contribution in [0.5, 0.6) is 5.75 Å². The van der Waals surface area contributed by atoms with Crippen LogP contribution in [-0.2, 0) is 19.6 Å². The Hall–Kier alpha value is -2.27. The first-order chi connectivity index (χ1) is 13.8. The highest BCUT2D eigenvalue weighted by Gasteiger charge is 2.27. The number of amides is 1. The predicted octanol–water partition coefficient (Wildman–Crippen LogP) is 2.66. The fourth-order valence-corrected chi connectivity index (χ4v) is 4.34. The molecular weight excluding hydrogens is 430 g/mol. The van der Waals surface area contributed by atoms with Crippen molar-refractivity contribution < 1.29 is 31.5 Å². The van der Waals surface area contributed by atoms with Gasteiger partial charge in [-0.05, 0) is 30.3 Å². The third kappa shape index (κ3) is 5.21. The minimum absolute atomic E-state index is 0.00277. The summed E-state index contributed by atoms with van der Waals surface area (Å²) in [6.07, 6.45) is 0. The summed E-state index contributed by atoms with van der Waals surface area (Å²) in [7, 11) is -3.71. The zero-order valence-corrected chi connectivity index (χ0v) is 16.6. The van der Waals surface area contributed by atoms with Crippen molar-refractivity contribution in [2.45, 2.75) is 4.90 Å². The Labute approximate surface area is 171 Å². The maximum atomic E-state index is 13.2. The molecule has 0 aromatic heterocycles. The first-order valence-electron chi connectivity index (χ1n) is 8.52. The monoisotopic (exact) mass is 446 g/mol. The minimum atomic E-state index is -3.71. The average Bonchev–Trinajstić information content (AvgIpc) is 2.70. The molecule has 0 aliphatic carbocycles. The standard InChI is InChI=1S/C18H17ClF2N2O5S/c19-14-10-13(29(25,26)23-5-7-27-8-6-23)2-4-17(14)28-11-18(24)22-12-1-3-15(20)16(21)9-12/h1-4,9-10H,5-8,11H2,(H,22,24). The summed E-state index contributed by atoms with van der Waals surface area (Å²) in [4.78, 5) is 11.9. The van der Waals surface area contributed by atoms with Crippen LogP contribution in [0.3, 0.4) is 0 Å². The van der Waals surface area contributed by atoms with Crippen molar-refractivity contribution in [1.82, 2.24) is 4.31 Å². The lowest BCUT2D eigenvalue weighted by molar-refractivity contribution is -0.118. The van der Waals surface area contributed by atoms with Gasteiger partial charge in [0.05, 0.1) is 23.1 Å². The number of anilines is 1. The zero-order chi connectivity index (χ0) is 21.0.